The molecule has 7 nitrogen and oxygen atoms in total. The molecular weight excluding hydrogens is 334 g/mol. The first-order chi connectivity index (χ1) is 12.5. The number of hydrogen-bond acceptors (Lipinski definition) is 6. The number of hydrogen-bond donors (Lipinski definition) is 3. The highest BCUT2D eigenvalue weighted by Gasteiger charge is 2.36. The molecule has 1 aromatic carbocycles. The maximum atomic E-state index is 11.5. The van der Waals surface area contributed by atoms with Crippen LogP contribution in [0.4, 0.5) is 0 Å². The van der Waals surface area contributed by atoms with E-state index >= 15 is 0 Å². The largest absolute Gasteiger partial charge is 0.508 e. The first-order valence-electron chi connectivity index (χ1n) is 9.32. The molecule has 3 rings (SSSR count). The lowest BCUT2D eigenvalue weighted by atomic mass is 10.1. The molecule has 0 radical (unpaired) electrons. The van der Waals surface area contributed by atoms with Gasteiger partial charge in [0.15, 0.2) is 0 Å². The van der Waals surface area contributed by atoms with E-state index in [0.29, 0.717) is 19.7 Å². The summed E-state index contributed by atoms with van der Waals surface area (Å²) in [7, 11) is 0. The molecule has 0 saturated carbocycles. The molecule has 7 heteroatoms. The van der Waals surface area contributed by atoms with E-state index in [4.69, 9.17) is 4.74 Å². The Kier molecular flexibility index (Phi) is 6.48. The number of ether oxygens (including phenoxy) is 1. The van der Waals surface area contributed by atoms with Crippen LogP contribution in [0.25, 0.3) is 0 Å². The van der Waals surface area contributed by atoms with Gasteiger partial charge in [-0.3, -0.25) is 9.69 Å². The maximum absolute atomic E-state index is 11.5. The minimum absolute atomic E-state index is 0.123. The SMILES string of the molecule is CC(=O)N1CCCN(C[C@@H]2OC[C@H](NCc3ccccc3O)[C@H]2O)CC1. The zero-order valence-electron chi connectivity index (χ0n) is 15.3. The van der Waals surface area contributed by atoms with Crippen molar-refractivity contribution in [1.82, 2.24) is 15.1 Å². The Balaban J connectivity index is 1.47. The summed E-state index contributed by atoms with van der Waals surface area (Å²) in [6.45, 7) is 6.46. The van der Waals surface area contributed by atoms with Crippen molar-refractivity contribution in [2.75, 3.05) is 39.3 Å². The highest BCUT2D eigenvalue weighted by atomic mass is 16.5. The normalized spacial score (nSPS) is 27.5. The number of phenolic OH excluding ortho intramolecular Hbond substituents is 1. The van der Waals surface area contributed by atoms with Crippen molar-refractivity contribution in [2.45, 2.75) is 38.1 Å². The van der Waals surface area contributed by atoms with Crippen LogP contribution in [0.1, 0.15) is 18.9 Å². The summed E-state index contributed by atoms with van der Waals surface area (Å²) < 4.78 is 5.82. The van der Waals surface area contributed by atoms with Crippen LogP contribution in [0.2, 0.25) is 0 Å². The van der Waals surface area contributed by atoms with Crippen molar-refractivity contribution < 1.29 is 19.7 Å². The van der Waals surface area contributed by atoms with Crippen molar-refractivity contribution >= 4 is 5.91 Å². The summed E-state index contributed by atoms with van der Waals surface area (Å²) >= 11 is 0. The van der Waals surface area contributed by atoms with Crippen LogP contribution in [-0.4, -0.2) is 83.5 Å². The summed E-state index contributed by atoms with van der Waals surface area (Å²) in [5.41, 5.74) is 0.806. The smallest absolute Gasteiger partial charge is 0.219 e. The Labute approximate surface area is 154 Å². The molecular formula is C19H29N3O4. The number of rotatable bonds is 5. The standard InChI is InChI=1S/C19H29N3O4/c1-14(23)22-8-4-7-21(9-10-22)12-18-19(25)16(13-26-18)20-11-15-5-2-3-6-17(15)24/h2-3,5-6,16,18-20,24-25H,4,7-13H2,1H3/t16-,18-,19+/m0/s1. The van der Waals surface area contributed by atoms with Crippen molar-refractivity contribution in [1.29, 1.82) is 0 Å². The molecule has 0 spiro atoms. The molecule has 0 aliphatic carbocycles. The highest BCUT2D eigenvalue weighted by Crippen LogP contribution is 2.19. The topological polar surface area (TPSA) is 85.3 Å². The number of aliphatic hydroxyl groups excluding tert-OH is 1. The average Bonchev–Trinajstić information content (AvgIpc) is 2.82. The number of nitrogens with one attached hydrogen (secondary N) is 1. The van der Waals surface area contributed by atoms with Gasteiger partial charge in [0, 0.05) is 45.2 Å². The maximum Gasteiger partial charge on any atom is 0.219 e. The second-order valence-electron chi connectivity index (χ2n) is 7.14. The van der Waals surface area contributed by atoms with E-state index in [2.05, 4.69) is 10.2 Å². The summed E-state index contributed by atoms with van der Waals surface area (Å²) in [5, 5.41) is 23.7. The average molecular weight is 363 g/mol. The van der Waals surface area contributed by atoms with Crippen LogP contribution in [0, 0.1) is 0 Å². The molecule has 2 fully saturated rings. The summed E-state index contributed by atoms with van der Waals surface area (Å²) in [6.07, 6.45) is 0.117. The van der Waals surface area contributed by atoms with Crippen molar-refractivity contribution in [3.8, 4) is 5.75 Å². The van der Waals surface area contributed by atoms with Gasteiger partial charge in [-0.15, -0.1) is 0 Å². The molecule has 144 valence electrons. The molecule has 0 aromatic heterocycles. The molecule has 2 aliphatic heterocycles. The van der Waals surface area contributed by atoms with Crippen molar-refractivity contribution in [3.63, 3.8) is 0 Å². The van der Waals surface area contributed by atoms with Crippen LogP contribution in [-0.2, 0) is 16.1 Å². The number of aromatic hydroxyl groups is 1. The van der Waals surface area contributed by atoms with Gasteiger partial charge in [0.1, 0.15) is 5.75 Å². The van der Waals surface area contributed by atoms with E-state index in [0.717, 1.165) is 38.2 Å². The van der Waals surface area contributed by atoms with E-state index in [1.807, 2.05) is 17.0 Å². The second-order valence-corrected chi connectivity index (χ2v) is 7.14. The number of aliphatic hydroxyl groups is 1. The lowest BCUT2D eigenvalue weighted by Crippen LogP contribution is -2.45. The lowest BCUT2D eigenvalue weighted by Gasteiger charge is -2.26. The molecule has 3 atom stereocenters. The van der Waals surface area contributed by atoms with Gasteiger partial charge < -0.3 is 25.2 Å². The van der Waals surface area contributed by atoms with Gasteiger partial charge in [0.25, 0.3) is 0 Å². The number of nitrogens with zero attached hydrogens (tertiary/aromatic N) is 2. The predicted octanol–water partition coefficient (Wildman–Crippen LogP) is 0.164. The predicted molar refractivity (Wildman–Crippen MR) is 97.8 cm³/mol. The van der Waals surface area contributed by atoms with Gasteiger partial charge in [-0.1, -0.05) is 18.2 Å². The van der Waals surface area contributed by atoms with Gasteiger partial charge in [0.05, 0.1) is 24.9 Å². The first-order valence-corrected chi connectivity index (χ1v) is 9.32. The molecule has 26 heavy (non-hydrogen) atoms. The number of carbonyl (C=O) groups excluding carboxylic acids is 1. The van der Waals surface area contributed by atoms with E-state index < -0.39 is 6.10 Å². The quantitative estimate of drug-likeness (QED) is 0.691. The number of para-hydroxylation sites is 1. The van der Waals surface area contributed by atoms with Gasteiger partial charge in [0.2, 0.25) is 5.91 Å². The third-order valence-corrected chi connectivity index (χ3v) is 5.30. The van der Waals surface area contributed by atoms with Crippen LogP contribution in [0.3, 0.4) is 0 Å². The number of benzene rings is 1. The fourth-order valence-electron chi connectivity index (χ4n) is 3.65. The zero-order chi connectivity index (χ0) is 18.5. The van der Waals surface area contributed by atoms with Crippen LogP contribution in [0.5, 0.6) is 5.75 Å². The van der Waals surface area contributed by atoms with Gasteiger partial charge in [-0.2, -0.15) is 0 Å². The van der Waals surface area contributed by atoms with E-state index in [-0.39, 0.29) is 23.8 Å². The third-order valence-electron chi connectivity index (χ3n) is 5.30. The fourth-order valence-corrected chi connectivity index (χ4v) is 3.65. The summed E-state index contributed by atoms with van der Waals surface area (Å²) in [6, 6.07) is 7.03. The second kappa shape index (κ2) is 8.81. The van der Waals surface area contributed by atoms with Crippen LogP contribution < -0.4 is 5.32 Å². The molecule has 0 bridgehead atoms. The van der Waals surface area contributed by atoms with E-state index in [1.54, 1.807) is 19.1 Å². The summed E-state index contributed by atoms with van der Waals surface area (Å²) in [4.78, 5) is 15.7. The molecule has 0 unspecified atom stereocenters. The molecule has 2 saturated heterocycles. The third kappa shape index (κ3) is 4.73. The number of amides is 1. The Morgan fingerprint density at radius 3 is 2.85 bits per heavy atom. The van der Waals surface area contributed by atoms with Crippen LogP contribution in [0.15, 0.2) is 24.3 Å². The Morgan fingerprint density at radius 2 is 2.08 bits per heavy atom. The minimum atomic E-state index is -0.590. The van der Waals surface area contributed by atoms with Crippen molar-refractivity contribution in [2.24, 2.45) is 0 Å². The first kappa shape index (κ1) is 19.1. The number of phenols is 1. The Bertz CT molecular complexity index is 612. The van der Waals surface area contributed by atoms with Gasteiger partial charge in [-0.05, 0) is 19.0 Å². The molecule has 3 N–H and O–H groups in total. The molecule has 2 aliphatic rings. The molecule has 1 aromatic rings. The fraction of sp³-hybridized carbons (Fsp3) is 0.632. The highest BCUT2D eigenvalue weighted by molar-refractivity contribution is 5.73. The van der Waals surface area contributed by atoms with Crippen molar-refractivity contribution in [3.05, 3.63) is 29.8 Å². The Morgan fingerprint density at radius 1 is 1.27 bits per heavy atom. The van der Waals surface area contributed by atoms with E-state index in [9.17, 15) is 15.0 Å². The monoisotopic (exact) mass is 363 g/mol. The van der Waals surface area contributed by atoms with Gasteiger partial charge in [-0.25, -0.2) is 0 Å². The minimum Gasteiger partial charge on any atom is -0.508 e. The summed E-state index contributed by atoms with van der Waals surface area (Å²) in [5.74, 6) is 0.377. The zero-order valence-corrected chi connectivity index (χ0v) is 15.3. The van der Waals surface area contributed by atoms with Crippen LogP contribution >= 0.6 is 0 Å². The van der Waals surface area contributed by atoms with E-state index in [1.165, 1.54) is 0 Å². The lowest BCUT2D eigenvalue weighted by molar-refractivity contribution is -0.128. The Hall–Kier alpha value is -1.67. The molecule has 2 heterocycles. The molecule has 1 amide bonds. The van der Waals surface area contributed by atoms with Gasteiger partial charge >= 0.3 is 0 Å². The number of carbonyl (C=O) groups is 1.